The zero-order valence-electron chi connectivity index (χ0n) is 16.5. The molecular formula is C19H20F3N3O4S2. The molecule has 0 bridgehead atoms. The van der Waals surface area contributed by atoms with Crippen molar-refractivity contribution in [3.8, 4) is 5.75 Å². The molecule has 0 radical (unpaired) electrons. The molecule has 0 atom stereocenters. The Balaban J connectivity index is 1.69. The molecule has 1 aromatic heterocycles. The van der Waals surface area contributed by atoms with E-state index in [0.717, 1.165) is 0 Å². The normalized spacial score (nSPS) is 15.7. The number of thioether (sulfide) groups is 1. The summed E-state index contributed by atoms with van der Waals surface area (Å²) in [6.07, 6.45) is 1.19. The predicted octanol–water partition coefficient (Wildman–Crippen LogP) is 3.24. The van der Waals surface area contributed by atoms with E-state index in [1.807, 2.05) is 6.92 Å². The van der Waals surface area contributed by atoms with Crippen molar-refractivity contribution in [2.45, 2.75) is 22.4 Å². The number of amides is 1. The number of halogens is 3. The Morgan fingerprint density at radius 3 is 2.35 bits per heavy atom. The number of hydrogen-bond acceptors (Lipinski definition) is 6. The number of sulfonamides is 1. The number of pyridine rings is 1. The molecule has 1 aromatic carbocycles. The second-order valence-corrected chi connectivity index (χ2v) is 9.50. The van der Waals surface area contributed by atoms with Crippen molar-refractivity contribution < 1.29 is 31.1 Å². The first kappa shape index (κ1) is 23.4. The molecule has 0 aliphatic carbocycles. The fourth-order valence-corrected chi connectivity index (χ4v) is 5.09. The van der Waals surface area contributed by atoms with Crippen LogP contribution in [-0.4, -0.2) is 66.8 Å². The minimum Gasteiger partial charge on any atom is -0.494 e. The summed E-state index contributed by atoms with van der Waals surface area (Å²) in [5.41, 5.74) is -4.74. The molecule has 2 aromatic rings. The van der Waals surface area contributed by atoms with Gasteiger partial charge in [0, 0.05) is 44.1 Å². The lowest BCUT2D eigenvalue weighted by Crippen LogP contribution is -2.50. The van der Waals surface area contributed by atoms with Gasteiger partial charge in [0.15, 0.2) is 0 Å². The molecule has 31 heavy (non-hydrogen) atoms. The van der Waals surface area contributed by atoms with E-state index in [1.54, 1.807) is 12.1 Å². The number of alkyl halides is 3. The third-order valence-corrected chi connectivity index (χ3v) is 7.18. The van der Waals surface area contributed by atoms with Gasteiger partial charge in [0.2, 0.25) is 10.0 Å². The molecule has 1 fully saturated rings. The first-order valence-electron chi connectivity index (χ1n) is 9.35. The second kappa shape index (κ2) is 9.45. The molecule has 0 saturated carbocycles. The van der Waals surface area contributed by atoms with Crippen molar-refractivity contribution >= 4 is 27.7 Å². The van der Waals surface area contributed by atoms with Crippen LogP contribution in [-0.2, 0) is 10.0 Å². The minimum atomic E-state index is -4.58. The Labute approximate surface area is 182 Å². The number of carbonyl (C=O) groups excluding carboxylic acids is 1. The van der Waals surface area contributed by atoms with Gasteiger partial charge in [-0.1, -0.05) is 0 Å². The lowest BCUT2D eigenvalue weighted by molar-refractivity contribution is -0.0329. The highest BCUT2D eigenvalue weighted by Gasteiger charge is 2.35. The first-order chi connectivity index (χ1) is 14.6. The molecule has 3 rings (SSSR count). The maximum Gasteiger partial charge on any atom is 0.447 e. The molecular weight excluding hydrogens is 455 g/mol. The zero-order chi connectivity index (χ0) is 22.6. The predicted molar refractivity (Wildman–Crippen MR) is 108 cm³/mol. The number of benzene rings is 1. The van der Waals surface area contributed by atoms with Crippen molar-refractivity contribution in [1.82, 2.24) is 14.2 Å². The Bertz CT molecular complexity index is 1020. The number of aromatic nitrogens is 1. The smallest absolute Gasteiger partial charge is 0.447 e. The van der Waals surface area contributed by atoms with Crippen LogP contribution in [0, 0.1) is 0 Å². The van der Waals surface area contributed by atoms with Crippen LogP contribution in [0.25, 0.3) is 0 Å². The molecule has 0 N–H and O–H groups in total. The molecule has 0 spiro atoms. The number of hydrogen-bond donors (Lipinski definition) is 0. The summed E-state index contributed by atoms with van der Waals surface area (Å²) in [4.78, 5) is 17.9. The molecule has 168 valence electrons. The fourth-order valence-electron chi connectivity index (χ4n) is 3.07. The quantitative estimate of drug-likeness (QED) is 0.597. The van der Waals surface area contributed by atoms with Gasteiger partial charge < -0.3 is 9.64 Å². The first-order valence-corrected chi connectivity index (χ1v) is 11.6. The van der Waals surface area contributed by atoms with Crippen molar-refractivity contribution in [2.24, 2.45) is 0 Å². The minimum absolute atomic E-state index is 0.0310. The standard InChI is InChI=1S/C19H20F3N3O4S2/c1-2-29-14-5-7-15(8-6-14)31(27,28)25-12-10-24(11-13-25)18(26)16-4-3-9-23-17(16)30-19(20,21)22/h3-9H,2,10-13H2,1H3. The highest BCUT2D eigenvalue weighted by Crippen LogP contribution is 2.37. The van der Waals surface area contributed by atoms with Gasteiger partial charge in [-0.3, -0.25) is 4.79 Å². The van der Waals surface area contributed by atoms with Gasteiger partial charge >= 0.3 is 5.51 Å². The SMILES string of the molecule is CCOc1ccc(S(=O)(=O)N2CCN(C(=O)c3cccnc3SC(F)(F)F)CC2)cc1. The fraction of sp³-hybridized carbons (Fsp3) is 0.368. The Kier molecular flexibility index (Phi) is 7.12. The Morgan fingerprint density at radius 1 is 1.13 bits per heavy atom. The van der Waals surface area contributed by atoms with Crippen LogP contribution in [0.3, 0.4) is 0 Å². The molecule has 0 unspecified atom stereocenters. The van der Waals surface area contributed by atoms with Crippen LogP contribution >= 0.6 is 11.8 Å². The topological polar surface area (TPSA) is 79.8 Å². The summed E-state index contributed by atoms with van der Waals surface area (Å²) >= 11 is -0.449. The Morgan fingerprint density at radius 2 is 1.77 bits per heavy atom. The lowest BCUT2D eigenvalue weighted by Gasteiger charge is -2.34. The number of piperazine rings is 1. The summed E-state index contributed by atoms with van der Waals surface area (Å²) in [6.45, 7) is 2.46. The maximum atomic E-state index is 12.9. The van der Waals surface area contributed by atoms with Crippen molar-refractivity contribution in [2.75, 3.05) is 32.8 Å². The van der Waals surface area contributed by atoms with Gasteiger partial charge in [0.25, 0.3) is 5.91 Å². The third kappa shape index (κ3) is 5.69. The van der Waals surface area contributed by atoms with Gasteiger partial charge in [-0.15, -0.1) is 0 Å². The van der Waals surface area contributed by atoms with E-state index < -0.39 is 38.2 Å². The zero-order valence-corrected chi connectivity index (χ0v) is 18.1. The molecule has 7 nitrogen and oxygen atoms in total. The number of nitrogens with zero attached hydrogens (tertiary/aromatic N) is 3. The van der Waals surface area contributed by atoms with Crippen LogP contribution < -0.4 is 4.74 Å². The van der Waals surface area contributed by atoms with E-state index in [0.29, 0.717) is 12.4 Å². The largest absolute Gasteiger partial charge is 0.494 e. The van der Waals surface area contributed by atoms with Crippen LogP contribution in [0.4, 0.5) is 13.2 Å². The molecule has 1 aliphatic rings. The maximum absolute atomic E-state index is 12.9. The van der Waals surface area contributed by atoms with Gasteiger partial charge in [-0.05, 0) is 43.3 Å². The number of ether oxygens (including phenoxy) is 1. The lowest BCUT2D eigenvalue weighted by atomic mass is 10.2. The van der Waals surface area contributed by atoms with Gasteiger partial charge in [-0.2, -0.15) is 17.5 Å². The van der Waals surface area contributed by atoms with Crippen molar-refractivity contribution in [1.29, 1.82) is 0 Å². The van der Waals surface area contributed by atoms with E-state index in [1.165, 1.54) is 39.7 Å². The third-order valence-electron chi connectivity index (χ3n) is 4.51. The molecule has 1 saturated heterocycles. The van der Waals surface area contributed by atoms with E-state index in [4.69, 9.17) is 4.74 Å². The summed E-state index contributed by atoms with van der Waals surface area (Å²) < 4.78 is 70.5. The van der Waals surface area contributed by atoms with Gasteiger partial charge in [0.1, 0.15) is 10.8 Å². The highest BCUT2D eigenvalue weighted by molar-refractivity contribution is 8.00. The van der Waals surface area contributed by atoms with Crippen LogP contribution in [0.5, 0.6) is 5.75 Å². The van der Waals surface area contributed by atoms with E-state index >= 15 is 0 Å². The molecule has 1 amide bonds. The summed E-state index contributed by atoms with van der Waals surface area (Å²) in [5, 5.41) is -0.426. The van der Waals surface area contributed by atoms with Crippen LogP contribution in [0.2, 0.25) is 0 Å². The number of rotatable bonds is 6. The average Bonchev–Trinajstić information content (AvgIpc) is 2.73. The Hall–Kier alpha value is -2.31. The molecule has 12 heteroatoms. The summed E-state index contributed by atoms with van der Waals surface area (Å²) in [7, 11) is -3.77. The van der Waals surface area contributed by atoms with Gasteiger partial charge in [-0.25, -0.2) is 13.4 Å². The van der Waals surface area contributed by atoms with Crippen LogP contribution in [0.1, 0.15) is 17.3 Å². The van der Waals surface area contributed by atoms with Crippen molar-refractivity contribution in [3.05, 3.63) is 48.2 Å². The molecule has 2 heterocycles. The molecule has 1 aliphatic heterocycles. The monoisotopic (exact) mass is 475 g/mol. The number of carbonyl (C=O) groups is 1. The highest BCUT2D eigenvalue weighted by atomic mass is 32.2. The average molecular weight is 476 g/mol. The van der Waals surface area contributed by atoms with Crippen LogP contribution in [0.15, 0.2) is 52.5 Å². The van der Waals surface area contributed by atoms with E-state index in [9.17, 15) is 26.4 Å². The van der Waals surface area contributed by atoms with Crippen molar-refractivity contribution in [3.63, 3.8) is 0 Å². The summed E-state index contributed by atoms with van der Waals surface area (Å²) in [5.74, 6) is -0.0566. The van der Waals surface area contributed by atoms with E-state index in [2.05, 4.69) is 4.98 Å². The second-order valence-electron chi connectivity index (χ2n) is 6.50. The van der Waals surface area contributed by atoms with E-state index in [-0.39, 0.29) is 36.6 Å². The van der Waals surface area contributed by atoms with Gasteiger partial charge in [0.05, 0.1) is 17.1 Å². The summed E-state index contributed by atoms with van der Waals surface area (Å²) in [6, 6.07) is 8.71.